The Bertz CT molecular complexity index is 649. The van der Waals surface area contributed by atoms with E-state index in [9.17, 15) is 9.90 Å². The highest BCUT2D eigenvalue weighted by Crippen LogP contribution is 2.23. The molecule has 4 heteroatoms. The molecular formula is C18H23NO2S. The third kappa shape index (κ3) is 5.04. The minimum atomic E-state index is -0.687. The van der Waals surface area contributed by atoms with Gasteiger partial charge in [-0.05, 0) is 22.4 Å². The van der Waals surface area contributed by atoms with Crippen LogP contribution in [-0.4, -0.2) is 28.1 Å². The molecule has 0 aliphatic heterocycles. The van der Waals surface area contributed by atoms with Gasteiger partial charge >= 0.3 is 0 Å². The highest BCUT2D eigenvalue weighted by molar-refractivity contribution is 8.01. The van der Waals surface area contributed by atoms with Crippen molar-refractivity contribution in [2.45, 2.75) is 31.6 Å². The van der Waals surface area contributed by atoms with Gasteiger partial charge in [0.15, 0.2) is 0 Å². The molecule has 0 bridgehead atoms. The molecule has 3 nitrogen and oxygen atoms in total. The summed E-state index contributed by atoms with van der Waals surface area (Å²) in [5.74, 6) is 0.369. The summed E-state index contributed by atoms with van der Waals surface area (Å²) in [6, 6.07) is 13.9. The first kappa shape index (κ1) is 16.8. The molecule has 0 aliphatic carbocycles. The summed E-state index contributed by atoms with van der Waals surface area (Å²) >= 11 is 1.60. The second kappa shape index (κ2) is 7.16. The Hall–Kier alpha value is -1.52. The first-order valence-corrected chi connectivity index (χ1v) is 8.41. The Kier molecular flexibility index (Phi) is 5.48. The summed E-state index contributed by atoms with van der Waals surface area (Å²) in [6.07, 6.45) is -0.687. The van der Waals surface area contributed by atoms with Gasteiger partial charge in [-0.2, -0.15) is 0 Å². The summed E-state index contributed by atoms with van der Waals surface area (Å²) in [6.45, 7) is 6.47. The van der Waals surface area contributed by atoms with Crippen LogP contribution in [0, 0.1) is 0 Å². The van der Waals surface area contributed by atoms with Gasteiger partial charge in [0.2, 0.25) is 5.91 Å². The van der Waals surface area contributed by atoms with E-state index in [1.54, 1.807) is 11.8 Å². The van der Waals surface area contributed by atoms with E-state index in [1.165, 1.54) is 0 Å². The first-order chi connectivity index (χ1) is 10.3. The van der Waals surface area contributed by atoms with Crippen molar-refractivity contribution >= 4 is 28.4 Å². The van der Waals surface area contributed by atoms with Crippen LogP contribution >= 0.6 is 11.8 Å². The Labute approximate surface area is 136 Å². The van der Waals surface area contributed by atoms with Crippen molar-refractivity contribution in [3.05, 3.63) is 48.0 Å². The number of hydrogen-bond donors (Lipinski definition) is 2. The van der Waals surface area contributed by atoms with E-state index in [2.05, 4.69) is 26.1 Å². The minimum absolute atomic E-state index is 0.0419. The zero-order chi connectivity index (χ0) is 16.2. The first-order valence-electron chi connectivity index (χ1n) is 7.42. The van der Waals surface area contributed by atoms with Crippen molar-refractivity contribution in [1.82, 2.24) is 5.32 Å². The lowest BCUT2D eigenvalue weighted by Gasteiger charge is -2.18. The highest BCUT2D eigenvalue weighted by atomic mass is 32.2. The zero-order valence-electron chi connectivity index (χ0n) is 13.3. The van der Waals surface area contributed by atoms with Gasteiger partial charge in [0.1, 0.15) is 0 Å². The number of carbonyl (C=O) groups is 1. The largest absolute Gasteiger partial charge is 0.387 e. The molecule has 0 aromatic heterocycles. The van der Waals surface area contributed by atoms with Crippen molar-refractivity contribution in [2.75, 3.05) is 12.3 Å². The van der Waals surface area contributed by atoms with Crippen LogP contribution in [0.1, 0.15) is 32.4 Å². The van der Waals surface area contributed by atoms with E-state index in [1.807, 2.05) is 42.5 Å². The topological polar surface area (TPSA) is 49.3 Å². The van der Waals surface area contributed by atoms with Gasteiger partial charge in [-0.1, -0.05) is 57.2 Å². The molecule has 2 aromatic carbocycles. The van der Waals surface area contributed by atoms with Crippen LogP contribution in [0.2, 0.25) is 0 Å². The number of aliphatic hydroxyl groups excluding tert-OH is 1. The van der Waals surface area contributed by atoms with Gasteiger partial charge in [0.25, 0.3) is 0 Å². The normalized spacial score (nSPS) is 13.1. The molecule has 1 amide bonds. The van der Waals surface area contributed by atoms with Crippen molar-refractivity contribution in [2.24, 2.45) is 0 Å². The van der Waals surface area contributed by atoms with Crippen LogP contribution in [0.5, 0.6) is 0 Å². The van der Waals surface area contributed by atoms with Gasteiger partial charge in [-0.3, -0.25) is 4.79 Å². The Balaban J connectivity index is 1.90. The average molecular weight is 317 g/mol. The van der Waals surface area contributed by atoms with Gasteiger partial charge in [0, 0.05) is 11.3 Å². The molecule has 22 heavy (non-hydrogen) atoms. The number of rotatable bonds is 5. The van der Waals surface area contributed by atoms with Gasteiger partial charge in [0.05, 0.1) is 11.9 Å². The van der Waals surface area contributed by atoms with E-state index in [0.717, 1.165) is 16.3 Å². The number of aliphatic hydroxyl groups is 1. The lowest BCUT2D eigenvalue weighted by atomic mass is 10.0. The second-order valence-corrected chi connectivity index (χ2v) is 8.13. The summed E-state index contributed by atoms with van der Waals surface area (Å²) in [4.78, 5) is 11.8. The molecule has 0 spiro atoms. The lowest BCUT2D eigenvalue weighted by molar-refractivity contribution is -0.119. The summed E-state index contributed by atoms with van der Waals surface area (Å²) in [5.41, 5.74) is 0.822. The third-order valence-electron chi connectivity index (χ3n) is 3.29. The van der Waals surface area contributed by atoms with Crippen LogP contribution in [0.25, 0.3) is 10.8 Å². The monoisotopic (exact) mass is 317 g/mol. The average Bonchev–Trinajstić information content (AvgIpc) is 2.49. The molecular weight excluding hydrogens is 294 g/mol. The van der Waals surface area contributed by atoms with E-state index in [4.69, 9.17) is 0 Å². The minimum Gasteiger partial charge on any atom is -0.387 e. The molecule has 0 fully saturated rings. The molecule has 0 radical (unpaired) electrons. The van der Waals surface area contributed by atoms with Crippen LogP contribution < -0.4 is 5.32 Å². The van der Waals surface area contributed by atoms with Crippen molar-refractivity contribution in [3.63, 3.8) is 0 Å². The summed E-state index contributed by atoms with van der Waals surface area (Å²) in [7, 11) is 0. The van der Waals surface area contributed by atoms with Crippen molar-refractivity contribution in [1.29, 1.82) is 0 Å². The maximum atomic E-state index is 11.8. The molecule has 1 unspecified atom stereocenters. The highest BCUT2D eigenvalue weighted by Gasteiger charge is 2.14. The molecule has 0 saturated heterocycles. The Morgan fingerprint density at radius 1 is 1.18 bits per heavy atom. The Morgan fingerprint density at radius 2 is 1.86 bits per heavy atom. The lowest BCUT2D eigenvalue weighted by Crippen LogP contribution is -2.30. The molecule has 2 N–H and O–H groups in total. The van der Waals surface area contributed by atoms with Crippen LogP contribution in [0.15, 0.2) is 42.5 Å². The number of carbonyl (C=O) groups excluding carboxylic acids is 1. The molecule has 118 valence electrons. The number of fused-ring (bicyclic) bond motifs is 1. The maximum absolute atomic E-state index is 11.8. The predicted octanol–water partition coefficient (Wildman–Crippen LogP) is 3.52. The maximum Gasteiger partial charge on any atom is 0.230 e. The number of thioether (sulfide) groups is 1. The van der Waals surface area contributed by atoms with E-state index in [0.29, 0.717) is 5.75 Å². The molecule has 0 aliphatic rings. The molecule has 2 aromatic rings. The summed E-state index contributed by atoms with van der Waals surface area (Å²) < 4.78 is 0.0638. The molecule has 1 atom stereocenters. The van der Waals surface area contributed by atoms with Crippen molar-refractivity contribution in [3.8, 4) is 0 Å². The number of nitrogens with one attached hydrogen (secondary N) is 1. The van der Waals surface area contributed by atoms with E-state index in [-0.39, 0.29) is 17.2 Å². The number of benzene rings is 2. The van der Waals surface area contributed by atoms with Gasteiger partial charge in [-0.15, -0.1) is 11.8 Å². The molecule has 0 saturated carbocycles. The van der Waals surface area contributed by atoms with Crippen LogP contribution in [-0.2, 0) is 4.79 Å². The SMILES string of the molecule is CC(C)(C)SCC(=O)NCC(O)c1ccc2ccccc2c1. The van der Waals surface area contributed by atoms with Crippen molar-refractivity contribution < 1.29 is 9.90 Å². The second-order valence-electron chi connectivity index (χ2n) is 6.33. The van der Waals surface area contributed by atoms with Gasteiger partial charge in [-0.25, -0.2) is 0 Å². The fourth-order valence-corrected chi connectivity index (χ4v) is 2.74. The predicted molar refractivity (Wildman–Crippen MR) is 94.1 cm³/mol. The standard InChI is InChI=1S/C18H23NO2S/c1-18(2,3)22-12-17(21)19-11-16(20)15-9-8-13-6-4-5-7-14(13)10-15/h4-10,16,20H,11-12H2,1-3H3,(H,19,21). The number of amides is 1. The molecule has 2 rings (SSSR count). The smallest absolute Gasteiger partial charge is 0.230 e. The quantitative estimate of drug-likeness (QED) is 0.887. The van der Waals surface area contributed by atoms with E-state index < -0.39 is 6.10 Å². The molecule has 0 heterocycles. The number of hydrogen-bond acceptors (Lipinski definition) is 3. The van der Waals surface area contributed by atoms with E-state index >= 15 is 0 Å². The fraction of sp³-hybridized carbons (Fsp3) is 0.389. The van der Waals surface area contributed by atoms with Crippen LogP contribution in [0.4, 0.5) is 0 Å². The van der Waals surface area contributed by atoms with Crippen LogP contribution in [0.3, 0.4) is 0 Å². The third-order valence-corrected chi connectivity index (χ3v) is 4.56. The summed E-state index contributed by atoms with van der Waals surface area (Å²) in [5, 5.41) is 15.3. The zero-order valence-corrected chi connectivity index (χ0v) is 14.1. The Morgan fingerprint density at radius 3 is 2.55 bits per heavy atom. The van der Waals surface area contributed by atoms with Gasteiger partial charge < -0.3 is 10.4 Å². The fourth-order valence-electron chi connectivity index (χ4n) is 2.08.